The van der Waals surface area contributed by atoms with Gasteiger partial charge in [-0.15, -0.1) is 0 Å². The van der Waals surface area contributed by atoms with Gasteiger partial charge in [0.05, 0.1) is 30.3 Å². The molecule has 6 rings (SSSR count). The lowest BCUT2D eigenvalue weighted by Crippen LogP contribution is -2.62. The van der Waals surface area contributed by atoms with E-state index in [4.69, 9.17) is 18.9 Å². The van der Waals surface area contributed by atoms with Crippen molar-refractivity contribution in [3.63, 3.8) is 0 Å². The summed E-state index contributed by atoms with van der Waals surface area (Å²) in [5, 5.41) is 70.9. The van der Waals surface area contributed by atoms with E-state index in [1.54, 1.807) is 0 Å². The normalized spacial score (nSPS) is 53.9. The highest BCUT2D eigenvalue weighted by Crippen LogP contribution is 2.73. The lowest BCUT2D eigenvalue weighted by Gasteiger charge is -2.64. The average molecular weight is 627 g/mol. The Balaban J connectivity index is 1.20. The van der Waals surface area contributed by atoms with Crippen LogP contribution in [0.25, 0.3) is 0 Å². The summed E-state index contributed by atoms with van der Waals surface area (Å²) in [5.74, 6) is -0.0393. The van der Waals surface area contributed by atoms with Crippen molar-refractivity contribution in [2.45, 2.75) is 139 Å². The number of fused-ring (bicyclic) bond motifs is 3. The van der Waals surface area contributed by atoms with Gasteiger partial charge >= 0.3 is 5.97 Å². The van der Waals surface area contributed by atoms with E-state index in [1.165, 1.54) is 0 Å². The van der Waals surface area contributed by atoms with Crippen LogP contribution >= 0.6 is 0 Å². The molecule has 0 aromatic heterocycles. The first kappa shape index (κ1) is 32.7. The second-order valence-electron chi connectivity index (χ2n) is 15.1. The van der Waals surface area contributed by atoms with Gasteiger partial charge in [0.25, 0.3) is 0 Å². The Morgan fingerprint density at radius 3 is 2.27 bits per heavy atom. The van der Waals surface area contributed by atoms with Gasteiger partial charge in [-0.1, -0.05) is 19.9 Å². The molecule has 1 unspecified atom stereocenters. The molecule has 12 nitrogen and oxygen atoms in total. The van der Waals surface area contributed by atoms with E-state index in [9.17, 15) is 40.5 Å². The summed E-state index contributed by atoms with van der Waals surface area (Å²) in [7, 11) is 0. The molecule has 0 aromatic rings. The van der Waals surface area contributed by atoms with Crippen LogP contribution in [0.4, 0.5) is 0 Å². The summed E-state index contributed by atoms with van der Waals surface area (Å²) in [6.07, 6.45) is -4.25. The minimum atomic E-state index is -1.52. The van der Waals surface area contributed by atoms with Crippen molar-refractivity contribution in [3.05, 3.63) is 12.2 Å². The Morgan fingerprint density at radius 2 is 1.57 bits per heavy atom. The van der Waals surface area contributed by atoms with Gasteiger partial charge in [0.15, 0.2) is 6.29 Å². The Morgan fingerprint density at radius 1 is 0.886 bits per heavy atom. The average Bonchev–Trinajstić information content (AvgIpc) is 3.18. The zero-order valence-corrected chi connectivity index (χ0v) is 25.7. The SMILES string of the molecule is C=C1C[C@@]23CC[C@H]4[C@@](C)(CCC[C@@]4(C)C(=O)O[C@H]4C[C@@H](O)[C@H](O)[C@@H](CO)O4)[C@@H]2CC[C@]1(OC1O[C@H](CO)[C@@H](O)[C@H](O)[C@H]1O)C3. The molecule has 6 aliphatic rings. The third kappa shape index (κ3) is 4.91. The van der Waals surface area contributed by atoms with Crippen LogP contribution in [-0.2, 0) is 23.7 Å². The quantitative estimate of drug-likeness (QED) is 0.121. The fourth-order valence-corrected chi connectivity index (χ4v) is 10.5. The second-order valence-corrected chi connectivity index (χ2v) is 15.1. The summed E-state index contributed by atoms with van der Waals surface area (Å²) < 4.78 is 23.7. The Hall–Kier alpha value is -1.19. The van der Waals surface area contributed by atoms with Crippen molar-refractivity contribution in [3.8, 4) is 0 Å². The van der Waals surface area contributed by atoms with Crippen molar-refractivity contribution in [2.75, 3.05) is 13.2 Å². The summed E-state index contributed by atoms with van der Waals surface area (Å²) in [6, 6.07) is 0. The molecule has 0 amide bonds. The summed E-state index contributed by atoms with van der Waals surface area (Å²) in [6.45, 7) is 7.69. The highest BCUT2D eigenvalue weighted by Gasteiger charge is 2.69. The maximum absolute atomic E-state index is 13.9. The smallest absolute Gasteiger partial charge is 0.314 e. The fraction of sp³-hybridized carbons (Fsp3) is 0.906. The van der Waals surface area contributed by atoms with E-state index in [0.29, 0.717) is 19.3 Å². The standard InChI is InChI=1S/C32H50O12/c1-16-12-31-9-5-20-29(2,7-4-8-30(20,3)28(40)43-22-11-17(35)23(36)18(13-33)41-22)21(31)6-10-32(16,15-31)44-27-26(39)25(38)24(37)19(14-34)42-27/h17-27,33-39H,1,4-15H2,2-3H3/t17-,18-,19-,20+,21+,22+,23+,24-,25+,26-,27?,29-,30-,31-,32+/m1/s1. The van der Waals surface area contributed by atoms with Crippen LogP contribution in [0.5, 0.6) is 0 Å². The molecule has 6 fully saturated rings. The number of ether oxygens (including phenoxy) is 4. The Kier molecular flexibility index (Phi) is 8.56. The number of hydrogen-bond donors (Lipinski definition) is 7. The number of rotatable bonds is 6. The first-order valence-corrected chi connectivity index (χ1v) is 16.2. The topological polar surface area (TPSA) is 196 Å². The highest BCUT2D eigenvalue weighted by atomic mass is 16.7. The minimum absolute atomic E-state index is 0.0485. The third-order valence-corrected chi connectivity index (χ3v) is 12.7. The van der Waals surface area contributed by atoms with Crippen molar-refractivity contribution in [1.82, 2.24) is 0 Å². The van der Waals surface area contributed by atoms with Crippen molar-refractivity contribution in [2.24, 2.45) is 28.1 Å². The van der Waals surface area contributed by atoms with Gasteiger partial charge in [-0.3, -0.25) is 4.79 Å². The van der Waals surface area contributed by atoms with Crippen molar-refractivity contribution >= 4 is 5.97 Å². The van der Waals surface area contributed by atoms with Crippen LogP contribution in [0.1, 0.15) is 78.1 Å². The molecule has 44 heavy (non-hydrogen) atoms. The highest BCUT2D eigenvalue weighted by molar-refractivity contribution is 5.77. The molecule has 1 spiro atoms. The zero-order valence-electron chi connectivity index (χ0n) is 25.7. The summed E-state index contributed by atoms with van der Waals surface area (Å²) >= 11 is 0. The molecule has 0 aromatic carbocycles. The molecular weight excluding hydrogens is 576 g/mol. The Labute approximate surface area is 258 Å². The van der Waals surface area contributed by atoms with Gasteiger partial charge in [0.2, 0.25) is 6.29 Å². The van der Waals surface area contributed by atoms with Gasteiger partial charge in [0.1, 0.15) is 36.6 Å². The minimum Gasteiger partial charge on any atom is -0.435 e. The molecule has 2 aliphatic heterocycles. The van der Waals surface area contributed by atoms with Gasteiger partial charge < -0.3 is 54.7 Å². The van der Waals surface area contributed by atoms with Crippen LogP contribution in [-0.4, -0.2) is 116 Å². The fourth-order valence-electron chi connectivity index (χ4n) is 10.5. The maximum atomic E-state index is 13.9. The van der Waals surface area contributed by atoms with E-state index < -0.39 is 79.5 Å². The van der Waals surface area contributed by atoms with Crippen LogP contribution in [0, 0.1) is 28.1 Å². The van der Waals surface area contributed by atoms with Crippen LogP contribution in [0.2, 0.25) is 0 Å². The van der Waals surface area contributed by atoms with Crippen molar-refractivity contribution in [1.29, 1.82) is 0 Å². The number of carbonyl (C=O) groups is 1. The molecule has 2 saturated heterocycles. The largest absolute Gasteiger partial charge is 0.435 e. The number of hydrogen-bond acceptors (Lipinski definition) is 12. The first-order valence-electron chi connectivity index (χ1n) is 16.2. The van der Waals surface area contributed by atoms with E-state index in [0.717, 1.165) is 44.1 Å². The molecule has 12 heteroatoms. The second kappa shape index (κ2) is 11.5. The van der Waals surface area contributed by atoms with Gasteiger partial charge in [-0.25, -0.2) is 0 Å². The van der Waals surface area contributed by atoms with Crippen LogP contribution in [0.3, 0.4) is 0 Å². The molecule has 7 N–H and O–H groups in total. The van der Waals surface area contributed by atoms with E-state index in [2.05, 4.69) is 13.5 Å². The van der Waals surface area contributed by atoms with E-state index >= 15 is 0 Å². The summed E-state index contributed by atoms with van der Waals surface area (Å²) in [5.41, 5.74) is -0.897. The van der Waals surface area contributed by atoms with Gasteiger partial charge in [-0.2, -0.15) is 0 Å². The Bertz CT molecular complexity index is 1120. The van der Waals surface area contributed by atoms with Crippen LogP contribution in [0.15, 0.2) is 12.2 Å². The lowest BCUT2D eigenvalue weighted by atomic mass is 9.41. The predicted molar refractivity (Wildman–Crippen MR) is 152 cm³/mol. The monoisotopic (exact) mass is 626 g/mol. The molecule has 250 valence electrons. The molecule has 4 aliphatic carbocycles. The van der Waals surface area contributed by atoms with Gasteiger partial charge in [-0.05, 0) is 86.5 Å². The number of esters is 1. The van der Waals surface area contributed by atoms with Crippen LogP contribution < -0.4 is 0 Å². The molecule has 4 saturated carbocycles. The summed E-state index contributed by atoms with van der Waals surface area (Å²) in [4.78, 5) is 13.9. The van der Waals surface area contributed by atoms with E-state index in [-0.39, 0.29) is 35.1 Å². The maximum Gasteiger partial charge on any atom is 0.314 e. The first-order chi connectivity index (χ1) is 20.7. The number of aliphatic hydroxyl groups is 7. The zero-order chi connectivity index (χ0) is 31.8. The molecule has 15 atom stereocenters. The lowest BCUT2D eigenvalue weighted by molar-refractivity contribution is -0.327. The van der Waals surface area contributed by atoms with Gasteiger partial charge in [0, 0.05) is 6.42 Å². The van der Waals surface area contributed by atoms with E-state index in [1.807, 2.05) is 6.92 Å². The van der Waals surface area contributed by atoms with Crippen molar-refractivity contribution < 1.29 is 59.5 Å². The predicted octanol–water partition coefficient (Wildman–Crippen LogP) is 0.267. The number of aliphatic hydroxyl groups excluding tert-OH is 7. The molecular formula is C32H50O12. The molecule has 0 radical (unpaired) electrons. The molecule has 2 heterocycles. The third-order valence-electron chi connectivity index (χ3n) is 12.7. The molecule has 2 bridgehead atoms. The number of carbonyl (C=O) groups excluding carboxylic acids is 1.